The Morgan fingerprint density at radius 1 is 1.05 bits per heavy atom. The van der Waals surface area contributed by atoms with Crippen LogP contribution in [0.15, 0.2) is 30.3 Å². The molecule has 1 aromatic rings. The van der Waals surface area contributed by atoms with Crippen molar-refractivity contribution < 1.29 is 0 Å². The SMILES string of the molecule is CCCN(CCC(NCC)c1ccccc1)C(C)C. The van der Waals surface area contributed by atoms with E-state index in [1.54, 1.807) is 0 Å². The Labute approximate surface area is 119 Å². The quantitative estimate of drug-likeness (QED) is 0.727. The molecule has 0 spiro atoms. The van der Waals surface area contributed by atoms with Crippen molar-refractivity contribution in [2.75, 3.05) is 19.6 Å². The molecule has 0 saturated heterocycles. The molecule has 0 aliphatic carbocycles. The van der Waals surface area contributed by atoms with E-state index in [0.29, 0.717) is 12.1 Å². The van der Waals surface area contributed by atoms with E-state index < -0.39 is 0 Å². The van der Waals surface area contributed by atoms with Crippen LogP contribution >= 0.6 is 0 Å². The molecule has 1 rings (SSSR count). The maximum Gasteiger partial charge on any atom is 0.0332 e. The lowest BCUT2D eigenvalue weighted by Crippen LogP contribution is -2.35. The molecule has 0 saturated carbocycles. The minimum atomic E-state index is 0.476. The minimum Gasteiger partial charge on any atom is -0.310 e. The normalized spacial score (nSPS) is 13.2. The van der Waals surface area contributed by atoms with Crippen LogP contribution in [0, 0.1) is 0 Å². The monoisotopic (exact) mass is 262 g/mol. The number of hydrogen-bond acceptors (Lipinski definition) is 2. The van der Waals surface area contributed by atoms with E-state index in [-0.39, 0.29) is 0 Å². The highest BCUT2D eigenvalue weighted by Crippen LogP contribution is 2.17. The third-order valence-corrected chi connectivity index (χ3v) is 3.60. The van der Waals surface area contributed by atoms with Crippen LogP contribution in [0.25, 0.3) is 0 Å². The zero-order valence-electron chi connectivity index (χ0n) is 13.0. The van der Waals surface area contributed by atoms with Crippen LogP contribution in [0.3, 0.4) is 0 Å². The van der Waals surface area contributed by atoms with Crippen LogP contribution in [0.4, 0.5) is 0 Å². The first kappa shape index (κ1) is 16.2. The van der Waals surface area contributed by atoms with Gasteiger partial charge in [-0.25, -0.2) is 0 Å². The molecule has 108 valence electrons. The molecule has 0 aliphatic heterocycles. The Bertz CT molecular complexity index is 321. The summed E-state index contributed by atoms with van der Waals surface area (Å²) in [4.78, 5) is 2.58. The van der Waals surface area contributed by atoms with Gasteiger partial charge in [0.2, 0.25) is 0 Å². The number of benzene rings is 1. The van der Waals surface area contributed by atoms with E-state index in [1.807, 2.05) is 0 Å². The Balaban J connectivity index is 2.58. The summed E-state index contributed by atoms with van der Waals surface area (Å²) in [5.74, 6) is 0. The van der Waals surface area contributed by atoms with Crippen LogP contribution in [0.5, 0.6) is 0 Å². The van der Waals surface area contributed by atoms with Gasteiger partial charge in [0.1, 0.15) is 0 Å². The molecule has 1 N–H and O–H groups in total. The van der Waals surface area contributed by atoms with E-state index in [9.17, 15) is 0 Å². The highest BCUT2D eigenvalue weighted by molar-refractivity contribution is 5.18. The molecule has 1 aromatic carbocycles. The summed E-state index contributed by atoms with van der Waals surface area (Å²) in [7, 11) is 0. The van der Waals surface area contributed by atoms with Crippen LogP contribution in [-0.4, -0.2) is 30.6 Å². The summed E-state index contributed by atoms with van der Waals surface area (Å²) in [6, 6.07) is 11.9. The second kappa shape index (κ2) is 9.11. The topological polar surface area (TPSA) is 15.3 Å². The third kappa shape index (κ3) is 5.75. The molecular formula is C17H30N2. The molecule has 2 heteroatoms. The molecule has 0 aliphatic rings. The molecule has 0 fully saturated rings. The van der Waals surface area contributed by atoms with Gasteiger partial charge in [0.15, 0.2) is 0 Å². The van der Waals surface area contributed by atoms with Crippen molar-refractivity contribution in [1.82, 2.24) is 10.2 Å². The largest absolute Gasteiger partial charge is 0.310 e. The summed E-state index contributed by atoms with van der Waals surface area (Å²) in [5.41, 5.74) is 1.41. The van der Waals surface area contributed by atoms with Crippen LogP contribution in [0.1, 0.15) is 52.1 Å². The van der Waals surface area contributed by atoms with Gasteiger partial charge in [-0.2, -0.15) is 0 Å². The summed E-state index contributed by atoms with van der Waals surface area (Å²) < 4.78 is 0. The molecule has 1 atom stereocenters. The van der Waals surface area contributed by atoms with Crippen molar-refractivity contribution in [1.29, 1.82) is 0 Å². The van der Waals surface area contributed by atoms with Gasteiger partial charge in [-0.15, -0.1) is 0 Å². The Morgan fingerprint density at radius 2 is 1.74 bits per heavy atom. The van der Waals surface area contributed by atoms with E-state index in [4.69, 9.17) is 0 Å². The minimum absolute atomic E-state index is 0.476. The second-order valence-electron chi connectivity index (χ2n) is 5.44. The van der Waals surface area contributed by atoms with E-state index in [1.165, 1.54) is 24.9 Å². The van der Waals surface area contributed by atoms with Gasteiger partial charge in [0, 0.05) is 18.6 Å². The predicted molar refractivity (Wildman–Crippen MR) is 84.5 cm³/mol. The van der Waals surface area contributed by atoms with Gasteiger partial charge < -0.3 is 10.2 Å². The fraction of sp³-hybridized carbons (Fsp3) is 0.647. The van der Waals surface area contributed by atoms with Crippen molar-refractivity contribution in [3.63, 3.8) is 0 Å². The summed E-state index contributed by atoms with van der Waals surface area (Å²) >= 11 is 0. The average Bonchev–Trinajstić information content (AvgIpc) is 2.42. The average molecular weight is 262 g/mol. The van der Waals surface area contributed by atoms with E-state index in [0.717, 1.165) is 13.1 Å². The van der Waals surface area contributed by atoms with Crippen LogP contribution in [-0.2, 0) is 0 Å². The van der Waals surface area contributed by atoms with E-state index in [2.05, 4.69) is 68.2 Å². The lowest BCUT2D eigenvalue weighted by Gasteiger charge is -2.28. The number of nitrogens with zero attached hydrogens (tertiary/aromatic N) is 1. The highest BCUT2D eigenvalue weighted by atomic mass is 15.1. The first-order valence-electron chi connectivity index (χ1n) is 7.71. The molecule has 2 nitrogen and oxygen atoms in total. The maximum atomic E-state index is 3.61. The fourth-order valence-corrected chi connectivity index (χ4v) is 2.53. The molecular weight excluding hydrogens is 232 g/mol. The summed E-state index contributed by atoms with van der Waals surface area (Å²) in [6.07, 6.45) is 2.41. The first-order chi connectivity index (χ1) is 9.19. The Morgan fingerprint density at radius 3 is 2.26 bits per heavy atom. The molecule has 0 aromatic heterocycles. The third-order valence-electron chi connectivity index (χ3n) is 3.60. The van der Waals surface area contributed by atoms with Crippen LogP contribution < -0.4 is 5.32 Å². The van der Waals surface area contributed by atoms with Crippen molar-refractivity contribution in [2.45, 2.75) is 52.6 Å². The highest BCUT2D eigenvalue weighted by Gasteiger charge is 2.13. The smallest absolute Gasteiger partial charge is 0.0332 e. The first-order valence-corrected chi connectivity index (χ1v) is 7.71. The summed E-state index contributed by atoms with van der Waals surface area (Å²) in [6.45, 7) is 12.4. The molecule has 0 bridgehead atoms. The fourth-order valence-electron chi connectivity index (χ4n) is 2.53. The van der Waals surface area contributed by atoms with Crippen molar-refractivity contribution >= 4 is 0 Å². The molecule has 1 unspecified atom stereocenters. The van der Waals surface area contributed by atoms with Gasteiger partial charge in [0.25, 0.3) is 0 Å². The summed E-state index contributed by atoms with van der Waals surface area (Å²) in [5, 5.41) is 3.61. The molecule has 0 heterocycles. The second-order valence-corrected chi connectivity index (χ2v) is 5.44. The number of hydrogen-bond donors (Lipinski definition) is 1. The molecule has 0 radical (unpaired) electrons. The number of nitrogens with one attached hydrogen (secondary N) is 1. The van der Waals surface area contributed by atoms with Gasteiger partial charge in [-0.3, -0.25) is 0 Å². The van der Waals surface area contributed by atoms with Crippen molar-refractivity contribution in [3.05, 3.63) is 35.9 Å². The Kier molecular flexibility index (Phi) is 7.76. The molecule has 0 amide bonds. The lowest BCUT2D eigenvalue weighted by atomic mass is 10.0. The van der Waals surface area contributed by atoms with Gasteiger partial charge in [-0.1, -0.05) is 44.2 Å². The predicted octanol–water partition coefficient (Wildman–Crippen LogP) is 3.85. The van der Waals surface area contributed by atoms with Gasteiger partial charge in [0.05, 0.1) is 0 Å². The lowest BCUT2D eigenvalue weighted by molar-refractivity contribution is 0.210. The van der Waals surface area contributed by atoms with Gasteiger partial charge in [-0.05, 0) is 45.3 Å². The number of rotatable bonds is 9. The van der Waals surface area contributed by atoms with Crippen molar-refractivity contribution in [3.8, 4) is 0 Å². The van der Waals surface area contributed by atoms with E-state index >= 15 is 0 Å². The van der Waals surface area contributed by atoms with Crippen LogP contribution in [0.2, 0.25) is 0 Å². The molecule has 19 heavy (non-hydrogen) atoms. The Hall–Kier alpha value is -0.860. The van der Waals surface area contributed by atoms with Gasteiger partial charge >= 0.3 is 0 Å². The van der Waals surface area contributed by atoms with Crippen molar-refractivity contribution in [2.24, 2.45) is 0 Å². The zero-order valence-corrected chi connectivity index (χ0v) is 13.0. The maximum absolute atomic E-state index is 3.61. The zero-order chi connectivity index (χ0) is 14.1. The standard InChI is InChI=1S/C17H30N2/c1-5-13-19(15(3)4)14-12-17(18-6-2)16-10-8-7-9-11-16/h7-11,15,17-18H,5-6,12-14H2,1-4H3.